The third-order valence-corrected chi connectivity index (χ3v) is 4.02. The van der Waals surface area contributed by atoms with E-state index in [4.69, 9.17) is 0 Å². The van der Waals surface area contributed by atoms with Gasteiger partial charge in [0.1, 0.15) is 5.75 Å². The summed E-state index contributed by atoms with van der Waals surface area (Å²) in [6, 6.07) is 7.20. The average Bonchev–Trinajstić information content (AvgIpc) is 2.38. The maximum Gasteiger partial charge on any atom is 0.233 e. The van der Waals surface area contributed by atoms with Gasteiger partial charge in [-0.2, -0.15) is 0 Å². The van der Waals surface area contributed by atoms with Gasteiger partial charge in [0.2, 0.25) is 5.91 Å². The molecule has 1 aromatic carbocycles. The fourth-order valence-electron chi connectivity index (χ4n) is 1.98. The van der Waals surface area contributed by atoms with Crippen LogP contribution in [0.2, 0.25) is 0 Å². The van der Waals surface area contributed by atoms with E-state index in [-0.39, 0.29) is 17.7 Å². The number of hydrogen-bond donors (Lipinski definition) is 2. The van der Waals surface area contributed by atoms with E-state index in [0.717, 1.165) is 24.5 Å². The summed E-state index contributed by atoms with van der Waals surface area (Å²) in [4.78, 5) is 15.0. The summed E-state index contributed by atoms with van der Waals surface area (Å²) in [5.74, 6) is 0.887. The molecule has 0 radical (unpaired) electrons. The molecule has 0 saturated carbocycles. The van der Waals surface area contributed by atoms with Crippen molar-refractivity contribution in [2.45, 2.75) is 17.9 Å². The van der Waals surface area contributed by atoms with Crippen LogP contribution in [-0.4, -0.2) is 47.3 Å². The van der Waals surface area contributed by atoms with Gasteiger partial charge in [-0.15, -0.1) is 11.8 Å². The van der Waals surface area contributed by atoms with Crippen molar-refractivity contribution in [3.05, 3.63) is 24.3 Å². The first-order chi connectivity index (χ1) is 8.66. The van der Waals surface area contributed by atoms with E-state index in [1.807, 2.05) is 17.0 Å². The van der Waals surface area contributed by atoms with E-state index in [2.05, 4.69) is 12.2 Å². The molecule has 98 valence electrons. The number of piperazine rings is 1. The molecule has 18 heavy (non-hydrogen) atoms. The molecule has 4 nitrogen and oxygen atoms in total. The highest BCUT2D eigenvalue weighted by Gasteiger charge is 2.22. The van der Waals surface area contributed by atoms with Gasteiger partial charge in [0.05, 0.1) is 5.75 Å². The quantitative estimate of drug-likeness (QED) is 0.810. The zero-order valence-corrected chi connectivity index (χ0v) is 11.2. The minimum Gasteiger partial charge on any atom is -0.508 e. The van der Waals surface area contributed by atoms with Gasteiger partial charge in [-0.1, -0.05) is 0 Å². The normalized spacial score (nSPS) is 19.8. The van der Waals surface area contributed by atoms with E-state index in [9.17, 15) is 9.90 Å². The van der Waals surface area contributed by atoms with Crippen molar-refractivity contribution in [1.29, 1.82) is 0 Å². The zero-order valence-electron chi connectivity index (χ0n) is 10.4. The summed E-state index contributed by atoms with van der Waals surface area (Å²) in [6.45, 7) is 4.60. The lowest BCUT2D eigenvalue weighted by atomic mass is 10.2. The Bertz CT molecular complexity index is 408. The first-order valence-corrected chi connectivity index (χ1v) is 7.07. The van der Waals surface area contributed by atoms with Gasteiger partial charge in [-0.05, 0) is 31.2 Å². The number of amides is 1. The maximum atomic E-state index is 12.1. The Morgan fingerprint density at radius 3 is 2.89 bits per heavy atom. The summed E-state index contributed by atoms with van der Waals surface area (Å²) < 4.78 is 0. The topological polar surface area (TPSA) is 52.6 Å². The molecule has 1 amide bonds. The Morgan fingerprint density at radius 1 is 1.50 bits per heavy atom. The van der Waals surface area contributed by atoms with E-state index in [1.54, 1.807) is 12.1 Å². The molecule has 0 spiro atoms. The third kappa shape index (κ3) is 3.40. The average molecular weight is 266 g/mol. The van der Waals surface area contributed by atoms with E-state index in [1.165, 1.54) is 11.8 Å². The second kappa shape index (κ2) is 6.11. The second-order valence-corrected chi connectivity index (χ2v) is 5.47. The molecule has 1 aliphatic rings. The number of thioether (sulfide) groups is 1. The molecule has 0 aromatic heterocycles. The molecular formula is C13H18N2O2S. The summed E-state index contributed by atoms with van der Waals surface area (Å²) in [7, 11) is 0. The number of phenolic OH excluding ortho intramolecular Hbond substituents is 1. The van der Waals surface area contributed by atoms with Crippen molar-refractivity contribution in [1.82, 2.24) is 10.2 Å². The monoisotopic (exact) mass is 266 g/mol. The number of hydrogen-bond acceptors (Lipinski definition) is 4. The minimum atomic E-state index is 0.182. The summed E-state index contributed by atoms with van der Waals surface area (Å²) in [6.07, 6.45) is 0. The largest absolute Gasteiger partial charge is 0.508 e. The van der Waals surface area contributed by atoms with E-state index >= 15 is 0 Å². The molecule has 1 aliphatic heterocycles. The fraction of sp³-hybridized carbons (Fsp3) is 0.462. The van der Waals surface area contributed by atoms with E-state index in [0.29, 0.717) is 5.75 Å². The van der Waals surface area contributed by atoms with Gasteiger partial charge in [0.15, 0.2) is 0 Å². The predicted octanol–water partition coefficient (Wildman–Crippen LogP) is 1.30. The Hall–Kier alpha value is -1.20. The number of phenols is 1. The van der Waals surface area contributed by atoms with Gasteiger partial charge >= 0.3 is 0 Å². The predicted molar refractivity (Wildman–Crippen MR) is 72.9 cm³/mol. The number of aromatic hydroxyl groups is 1. The highest BCUT2D eigenvalue weighted by atomic mass is 32.2. The smallest absolute Gasteiger partial charge is 0.233 e. The lowest BCUT2D eigenvalue weighted by molar-refractivity contribution is -0.131. The fourth-order valence-corrected chi connectivity index (χ4v) is 2.77. The Kier molecular flexibility index (Phi) is 4.49. The molecule has 1 saturated heterocycles. The summed E-state index contributed by atoms with van der Waals surface area (Å²) in [5.41, 5.74) is 0. The van der Waals surface area contributed by atoms with Crippen LogP contribution in [0, 0.1) is 0 Å². The van der Waals surface area contributed by atoms with Gasteiger partial charge in [0, 0.05) is 30.6 Å². The van der Waals surface area contributed by atoms with Crippen molar-refractivity contribution in [3.8, 4) is 5.75 Å². The first kappa shape index (κ1) is 13.2. The van der Waals surface area contributed by atoms with Crippen molar-refractivity contribution in [3.63, 3.8) is 0 Å². The number of benzene rings is 1. The SMILES string of the molecule is CC1CNCCN1C(=O)CSc1ccc(O)cc1. The van der Waals surface area contributed by atoms with Crippen LogP contribution in [0.25, 0.3) is 0 Å². The summed E-state index contributed by atoms with van der Waals surface area (Å²) in [5, 5.41) is 12.5. The van der Waals surface area contributed by atoms with Crippen LogP contribution >= 0.6 is 11.8 Å². The maximum absolute atomic E-state index is 12.1. The molecule has 5 heteroatoms. The number of rotatable bonds is 3. The van der Waals surface area contributed by atoms with E-state index < -0.39 is 0 Å². The Morgan fingerprint density at radius 2 is 2.22 bits per heavy atom. The molecule has 1 aromatic rings. The molecule has 1 atom stereocenters. The highest BCUT2D eigenvalue weighted by molar-refractivity contribution is 8.00. The van der Waals surface area contributed by atoms with Crippen molar-refractivity contribution in [2.75, 3.05) is 25.4 Å². The molecule has 1 heterocycles. The molecule has 0 aliphatic carbocycles. The van der Waals surface area contributed by atoms with Gasteiger partial charge < -0.3 is 15.3 Å². The van der Waals surface area contributed by atoms with Gasteiger partial charge in [0.25, 0.3) is 0 Å². The standard InChI is InChI=1S/C13H18N2O2S/c1-10-8-14-6-7-15(10)13(17)9-18-12-4-2-11(16)3-5-12/h2-5,10,14,16H,6-9H2,1H3. The molecule has 2 rings (SSSR count). The molecular weight excluding hydrogens is 248 g/mol. The number of nitrogens with one attached hydrogen (secondary N) is 1. The molecule has 1 fully saturated rings. The zero-order chi connectivity index (χ0) is 13.0. The molecule has 0 bridgehead atoms. The molecule has 2 N–H and O–H groups in total. The van der Waals surface area contributed by atoms with Gasteiger partial charge in [-0.3, -0.25) is 4.79 Å². The van der Waals surface area contributed by atoms with Crippen LogP contribution in [-0.2, 0) is 4.79 Å². The van der Waals surface area contributed by atoms with Crippen LogP contribution in [0.1, 0.15) is 6.92 Å². The van der Waals surface area contributed by atoms with Crippen LogP contribution in [0.5, 0.6) is 5.75 Å². The lowest BCUT2D eigenvalue weighted by Gasteiger charge is -2.33. The summed E-state index contributed by atoms with van der Waals surface area (Å²) >= 11 is 1.51. The number of nitrogens with zero attached hydrogens (tertiary/aromatic N) is 1. The van der Waals surface area contributed by atoms with Crippen LogP contribution < -0.4 is 5.32 Å². The Balaban J connectivity index is 1.85. The van der Waals surface area contributed by atoms with Crippen molar-refractivity contribution >= 4 is 17.7 Å². The van der Waals surface area contributed by atoms with Crippen molar-refractivity contribution in [2.24, 2.45) is 0 Å². The highest BCUT2D eigenvalue weighted by Crippen LogP contribution is 2.21. The minimum absolute atomic E-state index is 0.182. The molecule has 1 unspecified atom stereocenters. The van der Waals surface area contributed by atoms with Crippen molar-refractivity contribution < 1.29 is 9.90 Å². The third-order valence-electron chi connectivity index (χ3n) is 3.02. The van der Waals surface area contributed by atoms with Crippen LogP contribution in [0.3, 0.4) is 0 Å². The lowest BCUT2D eigenvalue weighted by Crippen LogP contribution is -2.52. The van der Waals surface area contributed by atoms with Crippen LogP contribution in [0.4, 0.5) is 0 Å². The number of carbonyl (C=O) groups excluding carboxylic acids is 1. The van der Waals surface area contributed by atoms with Gasteiger partial charge in [-0.25, -0.2) is 0 Å². The second-order valence-electron chi connectivity index (χ2n) is 4.42. The first-order valence-electron chi connectivity index (χ1n) is 6.09. The number of carbonyl (C=O) groups is 1. The van der Waals surface area contributed by atoms with Crippen LogP contribution in [0.15, 0.2) is 29.2 Å². The Labute approximate surface area is 111 Å².